The van der Waals surface area contributed by atoms with Crippen molar-refractivity contribution in [3.63, 3.8) is 0 Å². The van der Waals surface area contributed by atoms with E-state index in [2.05, 4.69) is 35.2 Å². The molecular weight excluding hydrogens is 847 g/mol. The highest BCUT2D eigenvalue weighted by atomic mass is 15.1. The van der Waals surface area contributed by atoms with Crippen LogP contribution in [0.4, 0.5) is 5.69 Å². The van der Waals surface area contributed by atoms with Gasteiger partial charge in [-0.25, -0.2) is 19.8 Å². The zero-order chi connectivity index (χ0) is 46.2. The van der Waals surface area contributed by atoms with Gasteiger partial charge in [-0.1, -0.05) is 146 Å². The molecule has 0 aliphatic carbocycles. The smallest absolute Gasteiger partial charge is 0.236 e. The van der Waals surface area contributed by atoms with Gasteiger partial charge in [-0.2, -0.15) is 10.5 Å². The topological polar surface area (TPSA) is 105 Å². The molecule has 6 heterocycles. The molecule has 0 spiro atoms. The molecule has 0 bridgehead atoms. The first-order valence-electron chi connectivity index (χ1n) is 22.4. The molecule has 0 atom stereocenters. The lowest BCUT2D eigenvalue weighted by atomic mass is 9.99. The van der Waals surface area contributed by atoms with E-state index in [-0.39, 0.29) is 33.9 Å². The van der Waals surface area contributed by atoms with E-state index in [4.69, 9.17) is 15.0 Å². The van der Waals surface area contributed by atoms with E-state index in [0.717, 1.165) is 82.6 Å². The summed E-state index contributed by atoms with van der Waals surface area (Å²) in [4.78, 5) is 20.5. The molecule has 0 fully saturated rings. The largest absolute Gasteiger partial charge is 0.302 e. The first-order valence-corrected chi connectivity index (χ1v) is 22.4. The number of hydrogen-bond donors (Lipinski definition) is 0. The number of hydrogen-bond acceptors (Lipinski definition) is 5. The Bertz CT molecular complexity index is 3920. The Kier molecular flexibility index (Phi) is 8.82. The maximum absolute atomic E-state index is 12.0. The average molecular weight is 880 g/mol. The molecule has 7 aromatic carbocycles. The summed E-state index contributed by atoms with van der Waals surface area (Å²) in [5.41, 5.74) is 10.00. The lowest BCUT2D eigenvalue weighted by Gasteiger charge is -2.23. The molecule has 318 valence electrons. The van der Waals surface area contributed by atoms with Crippen LogP contribution in [0.15, 0.2) is 200 Å². The predicted octanol–water partition coefficient (Wildman–Crippen LogP) is 14.5. The minimum Gasteiger partial charge on any atom is -0.302 e. The number of fused-ring (bicyclic) bond motifs is 9. The molecule has 0 saturated carbocycles. The van der Waals surface area contributed by atoms with E-state index in [9.17, 15) is 17.1 Å². The zero-order valence-corrected chi connectivity index (χ0v) is 36.6. The van der Waals surface area contributed by atoms with E-state index in [1.807, 2.05) is 196 Å². The Balaban J connectivity index is 1.27. The normalized spacial score (nSPS) is 11.4. The second-order valence-electron chi connectivity index (χ2n) is 16.8. The summed E-state index contributed by atoms with van der Waals surface area (Å²) in [5, 5.41) is 29.1. The molecule has 69 heavy (non-hydrogen) atoms. The van der Waals surface area contributed by atoms with Gasteiger partial charge >= 0.3 is 0 Å². The van der Waals surface area contributed by atoms with Crippen LogP contribution in [-0.2, 0) is 0 Å². The molecule has 6 aromatic heterocycles. The summed E-state index contributed by atoms with van der Waals surface area (Å²) in [6, 6.07) is 71.2. The maximum Gasteiger partial charge on any atom is 0.236 e. The van der Waals surface area contributed by atoms with E-state index in [0.29, 0.717) is 16.9 Å². The number of para-hydroxylation sites is 3. The highest BCUT2D eigenvalue weighted by Gasteiger charge is 2.33. The van der Waals surface area contributed by atoms with Gasteiger partial charge in [0.1, 0.15) is 29.1 Å². The summed E-state index contributed by atoms with van der Waals surface area (Å²) >= 11 is 0. The van der Waals surface area contributed by atoms with Crippen molar-refractivity contribution in [3.05, 3.63) is 223 Å². The van der Waals surface area contributed by atoms with Crippen LogP contribution in [0.5, 0.6) is 0 Å². The fourth-order valence-electron chi connectivity index (χ4n) is 10.2. The SMILES string of the molecule is [C-]#[N+]c1c(-n2c3ccccc3c3ccc(-c4ccccc4)nc32)c(C#N)c(-n2c3ccccc3c3ccc(-c4ccccc4)nc32)c(C#N)c1-n1c2ccccc2c2ccc(-c3ccccc3)nc21. The molecule has 0 aliphatic rings. The minimum atomic E-state index is 0.0923. The van der Waals surface area contributed by atoms with Gasteiger partial charge in [0, 0.05) is 49.0 Å². The van der Waals surface area contributed by atoms with Gasteiger partial charge in [0.25, 0.3) is 0 Å². The van der Waals surface area contributed by atoms with E-state index in [1.165, 1.54) is 0 Å². The lowest BCUT2D eigenvalue weighted by molar-refractivity contribution is 1.05. The van der Waals surface area contributed by atoms with Crippen LogP contribution in [0.2, 0.25) is 0 Å². The average Bonchev–Trinajstić information content (AvgIpc) is 4.05. The van der Waals surface area contributed by atoms with Crippen molar-refractivity contribution in [1.82, 2.24) is 28.7 Å². The lowest BCUT2D eigenvalue weighted by Crippen LogP contribution is -2.12. The first kappa shape index (κ1) is 39.2. The highest BCUT2D eigenvalue weighted by molar-refractivity contribution is 6.13. The maximum atomic E-state index is 12.0. The Morgan fingerprint density at radius 1 is 0.348 bits per heavy atom. The Hall–Kier alpha value is -10.1. The van der Waals surface area contributed by atoms with E-state index in [1.54, 1.807) is 0 Å². The molecule has 0 aliphatic heterocycles. The minimum absolute atomic E-state index is 0.0923. The van der Waals surface area contributed by atoms with Crippen LogP contribution in [0.1, 0.15) is 11.1 Å². The Morgan fingerprint density at radius 3 is 0.971 bits per heavy atom. The quantitative estimate of drug-likeness (QED) is 0.155. The van der Waals surface area contributed by atoms with Gasteiger partial charge in [0.2, 0.25) is 5.69 Å². The monoisotopic (exact) mass is 879 g/mol. The number of nitriles is 2. The molecule has 0 unspecified atom stereocenters. The first-order chi connectivity index (χ1) is 34.1. The Morgan fingerprint density at radius 2 is 0.652 bits per heavy atom. The summed E-state index contributed by atoms with van der Waals surface area (Å²) in [6.07, 6.45) is 0. The van der Waals surface area contributed by atoms with Crippen molar-refractivity contribution in [3.8, 4) is 63.0 Å². The fraction of sp³-hybridized carbons (Fsp3) is 0. The van der Waals surface area contributed by atoms with Gasteiger partial charge in [0.05, 0.1) is 68.4 Å². The number of aromatic nitrogens is 6. The van der Waals surface area contributed by atoms with Gasteiger partial charge in [-0.05, 0) is 54.6 Å². The van der Waals surface area contributed by atoms with Gasteiger partial charge in [-0.3, -0.25) is 4.57 Å². The van der Waals surface area contributed by atoms with Crippen LogP contribution < -0.4 is 0 Å². The molecule has 9 heteroatoms. The molecule has 9 nitrogen and oxygen atoms in total. The van der Waals surface area contributed by atoms with Crippen molar-refractivity contribution >= 4 is 71.5 Å². The predicted molar refractivity (Wildman–Crippen MR) is 275 cm³/mol. The van der Waals surface area contributed by atoms with Crippen LogP contribution >= 0.6 is 0 Å². The molecule has 13 rings (SSSR count). The standard InChI is InChI=1S/C60H33N9/c1-63-54-56(68-52-27-15-12-24-41(52)44-30-33-49(65-59(44)68)38-19-7-3-8-20-38)46(35-61)55(67-51-26-14-11-23-40(51)43-29-32-48(64-58(43)67)37-17-5-2-6-18-37)47(36-62)57(54)69-53-28-16-13-25-42(53)45-31-34-50(66-60(45)69)39-21-9-4-10-22-39/h2-34H. The van der Waals surface area contributed by atoms with Crippen LogP contribution in [0.3, 0.4) is 0 Å². The van der Waals surface area contributed by atoms with Crippen molar-refractivity contribution in [1.29, 1.82) is 10.5 Å². The number of nitrogens with zero attached hydrogens (tertiary/aromatic N) is 9. The van der Waals surface area contributed by atoms with E-state index < -0.39 is 0 Å². The molecule has 0 radical (unpaired) electrons. The summed E-state index contributed by atoms with van der Waals surface area (Å²) < 4.78 is 5.84. The third-order valence-corrected chi connectivity index (χ3v) is 13.2. The van der Waals surface area contributed by atoms with Gasteiger partial charge < -0.3 is 9.13 Å². The molecular formula is C60H33N9. The van der Waals surface area contributed by atoms with Crippen LogP contribution in [0, 0.1) is 29.2 Å². The van der Waals surface area contributed by atoms with Crippen molar-refractivity contribution < 1.29 is 0 Å². The number of pyridine rings is 3. The van der Waals surface area contributed by atoms with Gasteiger partial charge in [-0.15, -0.1) is 0 Å². The summed E-state index contributed by atoms with van der Waals surface area (Å²) in [5.74, 6) is 0. The van der Waals surface area contributed by atoms with Crippen molar-refractivity contribution in [2.45, 2.75) is 0 Å². The third kappa shape index (κ3) is 5.84. The van der Waals surface area contributed by atoms with Gasteiger partial charge in [0.15, 0.2) is 0 Å². The molecule has 0 amide bonds. The summed E-state index contributed by atoms with van der Waals surface area (Å²) in [7, 11) is 0. The zero-order valence-electron chi connectivity index (χ0n) is 36.6. The summed E-state index contributed by atoms with van der Waals surface area (Å²) in [6.45, 7) is 9.31. The molecule has 0 saturated heterocycles. The van der Waals surface area contributed by atoms with Crippen LogP contribution in [-0.4, -0.2) is 28.7 Å². The highest BCUT2D eigenvalue weighted by Crippen LogP contribution is 2.48. The fourth-order valence-corrected chi connectivity index (χ4v) is 10.2. The van der Waals surface area contributed by atoms with E-state index >= 15 is 0 Å². The van der Waals surface area contributed by atoms with Crippen molar-refractivity contribution in [2.24, 2.45) is 0 Å². The molecule has 0 N–H and O–H groups in total. The van der Waals surface area contributed by atoms with Crippen LogP contribution in [0.25, 0.3) is 121 Å². The number of benzene rings is 7. The Labute approximate surface area is 394 Å². The number of rotatable bonds is 6. The second kappa shape index (κ2) is 15.5. The molecule has 13 aromatic rings. The third-order valence-electron chi connectivity index (χ3n) is 13.2. The van der Waals surface area contributed by atoms with Crippen molar-refractivity contribution in [2.75, 3.05) is 0 Å². The second-order valence-corrected chi connectivity index (χ2v) is 16.8.